The van der Waals surface area contributed by atoms with Crippen molar-refractivity contribution in [3.05, 3.63) is 0 Å². The molecule has 16 heteroatoms. The number of rotatable bonds is 30. The number of unbranched alkanes of at least 4 members (excludes halogenated alkanes) is 5. The Balaban J connectivity index is 2.36. The number of fused-ring (bicyclic) bond motifs is 1. The molecule has 0 aromatic rings. The highest BCUT2D eigenvalue weighted by atomic mass is 32.2. The average molecular weight is 869 g/mol. The molecular weight excluding hydrogens is 785 g/mol. The number of nitrogens with one attached hydrogen (secondary N) is 4. The highest BCUT2D eigenvalue weighted by Gasteiger charge is 2.55. The van der Waals surface area contributed by atoms with Crippen molar-refractivity contribution in [1.82, 2.24) is 21.3 Å². The molecule has 0 aromatic heterocycles. The molecule has 0 bridgehead atoms. The molecule has 0 aliphatic heterocycles. The number of hydrogen-bond donors (Lipinski definition) is 6. The van der Waals surface area contributed by atoms with E-state index in [2.05, 4.69) is 55.9 Å². The molecule has 0 aromatic carbocycles. The van der Waals surface area contributed by atoms with E-state index in [1.165, 1.54) is 25.7 Å². The second kappa shape index (κ2) is 27.2. The Labute approximate surface area is 353 Å². The summed E-state index contributed by atoms with van der Waals surface area (Å²) < 4.78 is 83.7. The van der Waals surface area contributed by atoms with Crippen LogP contribution in [0.3, 0.4) is 0 Å². The summed E-state index contributed by atoms with van der Waals surface area (Å²) >= 11 is 0. The lowest BCUT2D eigenvalue weighted by Gasteiger charge is -2.50. The minimum absolute atomic E-state index is 0.0136. The molecule has 2 saturated carbocycles. The number of hydrogen-bond acceptors (Lipinski definition) is 11. The maximum absolute atomic E-state index is 13.0. The van der Waals surface area contributed by atoms with Crippen molar-refractivity contribution in [2.24, 2.45) is 34.5 Å². The maximum atomic E-state index is 13.0. The Morgan fingerprint density at radius 2 is 1.52 bits per heavy atom. The summed E-state index contributed by atoms with van der Waals surface area (Å²) in [4.78, 5) is 13.0. The van der Waals surface area contributed by atoms with Crippen LogP contribution in [0.25, 0.3) is 0 Å². The fourth-order valence-corrected chi connectivity index (χ4v) is 10.4. The van der Waals surface area contributed by atoms with Crippen molar-refractivity contribution < 1.29 is 44.9 Å². The van der Waals surface area contributed by atoms with Gasteiger partial charge in [-0.05, 0) is 125 Å². The first-order valence-corrected chi connectivity index (χ1v) is 25.7. The Bertz CT molecular complexity index is 1360. The van der Waals surface area contributed by atoms with Gasteiger partial charge in [0.1, 0.15) is 11.8 Å². The van der Waals surface area contributed by atoms with E-state index in [1.54, 1.807) is 0 Å². The predicted octanol–water partition coefficient (Wildman–Crippen LogP) is 6.87. The number of amides is 1. The van der Waals surface area contributed by atoms with Crippen molar-refractivity contribution in [3.8, 4) is 0 Å². The van der Waals surface area contributed by atoms with Crippen molar-refractivity contribution >= 4 is 26.1 Å². The summed E-state index contributed by atoms with van der Waals surface area (Å²) in [5.74, 6) is -0.0435. The smallest absolute Gasteiger partial charge is 0.278 e. The third kappa shape index (κ3) is 19.8. The van der Waals surface area contributed by atoms with Gasteiger partial charge < -0.3 is 24.8 Å². The quantitative estimate of drug-likeness (QED) is 0.0249. The van der Waals surface area contributed by atoms with E-state index in [4.69, 9.17) is 18.8 Å². The van der Waals surface area contributed by atoms with Gasteiger partial charge in [0.05, 0.1) is 31.8 Å². The zero-order valence-electron chi connectivity index (χ0n) is 37.2. The minimum Gasteiger partial charge on any atom is -0.378 e. The van der Waals surface area contributed by atoms with Crippen LogP contribution in [0.4, 0.5) is 0 Å². The van der Waals surface area contributed by atoms with E-state index in [1.807, 2.05) is 14.0 Å². The van der Waals surface area contributed by atoms with Gasteiger partial charge in [-0.15, -0.1) is 0 Å². The molecule has 0 spiro atoms. The standard InChI is InChI=1S/C42H84N4O10S2/c1-8-10-11-12-13-14-25-46-40(47)19-16-33(3)38-18-17-35-28-37(54-26-15-24-43-7)21-23-41(5,22-20-36(9-2)55-29-44-31-57(48,49)50)34(4)27-39(42(35,38)6)56-30-45-32-58(51,52)53/h33-39,43-45H,8-32H2,1-7H3,(H,46,47)(H,48,49,50)(H,51,52,53)/t33-,34-,35+,36+,37-,38-,39+,41+,42+/m1/s1. The Morgan fingerprint density at radius 1 is 0.845 bits per heavy atom. The summed E-state index contributed by atoms with van der Waals surface area (Å²) in [6.45, 7) is 15.8. The van der Waals surface area contributed by atoms with Crippen molar-refractivity contribution in [2.75, 3.05) is 52.0 Å². The zero-order valence-corrected chi connectivity index (χ0v) is 38.8. The molecule has 0 saturated heterocycles. The van der Waals surface area contributed by atoms with Gasteiger partial charge in [-0.25, -0.2) is 0 Å². The van der Waals surface area contributed by atoms with Crippen molar-refractivity contribution in [3.63, 3.8) is 0 Å². The molecule has 0 radical (unpaired) electrons. The van der Waals surface area contributed by atoms with Gasteiger partial charge in [0.15, 0.2) is 0 Å². The van der Waals surface area contributed by atoms with E-state index >= 15 is 0 Å². The molecule has 2 rings (SSSR count). The summed E-state index contributed by atoms with van der Waals surface area (Å²) in [7, 11) is -6.43. The second-order valence-corrected chi connectivity index (χ2v) is 20.9. The summed E-state index contributed by atoms with van der Waals surface area (Å²) in [5.41, 5.74) is -0.424. The highest BCUT2D eigenvalue weighted by molar-refractivity contribution is 7.85. The van der Waals surface area contributed by atoms with E-state index < -0.39 is 32.0 Å². The van der Waals surface area contributed by atoms with Gasteiger partial charge in [-0.1, -0.05) is 73.6 Å². The van der Waals surface area contributed by atoms with Crippen LogP contribution in [0.2, 0.25) is 0 Å². The Hall–Kier alpha value is -0.950. The Morgan fingerprint density at radius 3 is 2.17 bits per heavy atom. The van der Waals surface area contributed by atoms with Gasteiger partial charge in [-0.2, -0.15) is 16.8 Å². The monoisotopic (exact) mass is 869 g/mol. The third-order valence-electron chi connectivity index (χ3n) is 13.7. The molecule has 2 aliphatic carbocycles. The number of carbonyl (C=O) groups excluding carboxylic acids is 1. The molecule has 9 atom stereocenters. The van der Waals surface area contributed by atoms with Crippen LogP contribution in [0.5, 0.6) is 0 Å². The molecule has 58 heavy (non-hydrogen) atoms. The molecule has 0 unspecified atom stereocenters. The normalized spacial score (nSPS) is 28.2. The van der Waals surface area contributed by atoms with Gasteiger partial charge in [0.25, 0.3) is 20.2 Å². The summed E-state index contributed by atoms with van der Waals surface area (Å²) in [6, 6.07) is 0. The topological polar surface area (TPSA) is 202 Å². The lowest BCUT2D eigenvalue weighted by Crippen LogP contribution is -2.49. The molecular formula is C42H84N4O10S2. The third-order valence-corrected chi connectivity index (χ3v) is 14.8. The van der Waals surface area contributed by atoms with Crippen LogP contribution in [-0.4, -0.2) is 102 Å². The molecule has 6 N–H and O–H groups in total. The lowest BCUT2D eigenvalue weighted by atomic mass is 9.59. The SMILES string of the molecule is CCCCCCCCNC(=O)CC[C@@H](C)[C@H]1CC[C@H]2C[C@H](OCCCNC)CC[C@](C)(CC[C@H](CC)OCNCS(=O)(=O)O)[C@H](C)C[C@H](OCNCS(=O)(=O)O)[C@@]21C. The summed E-state index contributed by atoms with van der Waals surface area (Å²) in [6.07, 6.45) is 16.9. The zero-order chi connectivity index (χ0) is 43.2. The molecule has 344 valence electrons. The maximum Gasteiger partial charge on any atom is 0.278 e. The average Bonchev–Trinajstić information content (AvgIpc) is 3.49. The second-order valence-electron chi connectivity index (χ2n) is 18.0. The van der Waals surface area contributed by atoms with Crippen LogP contribution in [0.1, 0.15) is 157 Å². The number of ether oxygens (including phenoxy) is 3. The first kappa shape index (κ1) is 53.2. The Kier molecular flexibility index (Phi) is 24.9. The fourth-order valence-electron chi connectivity index (χ4n) is 9.73. The highest BCUT2D eigenvalue weighted by Crippen LogP contribution is 2.59. The molecule has 1 amide bonds. The predicted molar refractivity (Wildman–Crippen MR) is 231 cm³/mol. The van der Waals surface area contributed by atoms with Gasteiger partial charge in [-0.3, -0.25) is 24.5 Å². The van der Waals surface area contributed by atoms with Crippen molar-refractivity contribution in [1.29, 1.82) is 0 Å². The first-order valence-electron chi connectivity index (χ1n) is 22.5. The molecule has 2 aliphatic rings. The minimum atomic E-state index is -4.23. The fraction of sp³-hybridized carbons (Fsp3) is 0.976. The molecule has 0 heterocycles. The van der Waals surface area contributed by atoms with Crippen molar-refractivity contribution in [2.45, 2.75) is 175 Å². The largest absolute Gasteiger partial charge is 0.378 e. The van der Waals surface area contributed by atoms with E-state index in [0.29, 0.717) is 18.9 Å². The van der Waals surface area contributed by atoms with Gasteiger partial charge in [0, 0.05) is 19.6 Å². The molecule has 14 nitrogen and oxygen atoms in total. The van der Waals surface area contributed by atoms with E-state index in [9.17, 15) is 26.2 Å². The first-order chi connectivity index (χ1) is 27.4. The van der Waals surface area contributed by atoms with Crippen LogP contribution in [0.15, 0.2) is 0 Å². The summed E-state index contributed by atoms with van der Waals surface area (Å²) in [5, 5.41) is 11.8. The van der Waals surface area contributed by atoms with Crippen LogP contribution < -0.4 is 21.3 Å². The van der Waals surface area contributed by atoms with E-state index in [-0.39, 0.29) is 66.3 Å². The van der Waals surface area contributed by atoms with Gasteiger partial charge in [0.2, 0.25) is 5.91 Å². The van der Waals surface area contributed by atoms with Crippen LogP contribution >= 0.6 is 0 Å². The molecule has 2 fully saturated rings. The van der Waals surface area contributed by atoms with Crippen LogP contribution in [0, 0.1) is 34.5 Å². The van der Waals surface area contributed by atoms with E-state index in [0.717, 1.165) is 96.6 Å². The van der Waals surface area contributed by atoms with Gasteiger partial charge >= 0.3 is 0 Å². The number of carbonyl (C=O) groups is 1. The van der Waals surface area contributed by atoms with Crippen LogP contribution in [-0.2, 0) is 39.2 Å². The lowest BCUT2D eigenvalue weighted by molar-refractivity contribution is -0.124.